The summed E-state index contributed by atoms with van der Waals surface area (Å²) in [5.41, 5.74) is 1.13. The predicted molar refractivity (Wildman–Crippen MR) is 94.1 cm³/mol. The van der Waals surface area contributed by atoms with Crippen molar-refractivity contribution in [1.82, 2.24) is 0 Å². The van der Waals surface area contributed by atoms with Crippen LogP contribution in [0.25, 0.3) is 0 Å². The average Bonchev–Trinajstić information content (AvgIpc) is 2.60. The topological polar surface area (TPSA) is 35.5 Å². The van der Waals surface area contributed by atoms with Gasteiger partial charge in [0.05, 0.1) is 13.7 Å². The Morgan fingerprint density at radius 3 is 2.30 bits per heavy atom. The van der Waals surface area contributed by atoms with Gasteiger partial charge in [-0.05, 0) is 36.8 Å². The summed E-state index contributed by atoms with van der Waals surface area (Å²) in [4.78, 5) is 13.4. The van der Waals surface area contributed by atoms with E-state index >= 15 is 0 Å². The van der Waals surface area contributed by atoms with E-state index in [-0.39, 0.29) is 17.1 Å². The maximum Gasteiger partial charge on any atom is 0.320 e. The molecule has 0 fully saturated rings. The van der Waals surface area contributed by atoms with E-state index in [1.807, 2.05) is 61.5 Å². The van der Waals surface area contributed by atoms with Crippen LogP contribution in [0.3, 0.4) is 0 Å². The summed E-state index contributed by atoms with van der Waals surface area (Å²) in [7, 11) is 1.64. The predicted octanol–water partition coefficient (Wildman–Crippen LogP) is 4.52. The molecule has 2 rings (SSSR count). The molecule has 0 aliphatic rings. The van der Waals surface area contributed by atoms with Gasteiger partial charge in [-0.3, -0.25) is 4.79 Å². The summed E-state index contributed by atoms with van der Waals surface area (Å²) in [6, 6.07) is 17.8. The van der Waals surface area contributed by atoms with Crippen molar-refractivity contribution in [1.29, 1.82) is 0 Å². The molecule has 0 saturated heterocycles. The smallest absolute Gasteiger partial charge is 0.320 e. The van der Waals surface area contributed by atoms with Crippen LogP contribution in [-0.2, 0) is 9.53 Å². The highest BCUT2D eigenvalue weighted by molar-refractivity contribution is 8.00. The van der Waals surface area contributed by atoms with E-state index in [0.29, 0.717) is 6.61 Å². The van der Waals surface area contributed by atoms with Crippen LogP contribution >= 0.6 is 11.8 Å². The summed E-state index contributed by atoms with van der Waals surface area (Å²) >= 11 is 1.53. The Bertz CT molecular complexity index is 610. The van der Waals surface area contributed by atoms with Crippen LogP contribution in [-0.4, -0.2) is 24.9 Å². The zero-order valence-corrected chi connectivity index (χ0v) is 14.5. The standard InChI is InChI=1S/C19H22O3S/c1-4-22-19(20)18(14(2)15-8-6-5-7-9-15)23-17-12-10-16(21-3)11-13-17/h5-14,18H,4H2,1-3H3. The molecule has 3 nitrogen and oxygen atoms in total. The molecule has 0 saturated carbocycles. The number of ether oxygens (including phenoxy) is 2. The first-order chi connectivity index (χ1) is 11.2. The van der Waals surface area contributed by atoms with Crippen LogP contribution < -0.4 is 4.74 Å². The molecule has 0 N–H and O–H groups in total. The van der Waals surface area contributed by atoms with E-state index in [1.165, 1.54) is 11.8 Å². The lowest BCUT2D eigenvalue weighted by atomic mass is 9.97. The molecule has 0 heterocycles. The number of benzene rings is 2. The largest absolute Gasteiger partial charge is 0.497 e. The molecule has 2 aromatic carbocycles. The van der Waals surface area contributed by atoms with E-state index < -0.39 is 0 Å². The summed E-state index contributed by atoms with van der Waals surface area (Å²) < 4.78 is 10.5. The maximum absolute atomic E-state index is 12.4. The molecule has 0 amide bonds. The van der Waals surface area contributed by atoms with Gasteiger partial charge in [0.2, 0.25) is 0 Å². The van der Waals surface area contributed by atoms with Crippen molar-refractivity contribution in [3.63, 3.8) is 0 Å². The lowest BCUT2D eigenvalue weighted by molar-refractivity contribution is -0.142. The van der Waals surface area contributed by atoms with Gasteiger partial charge in [0.25, 0.3) is 0 Å². The molecule has 0 bridgehead atoms. The molecule has 4 heteroatoms. The number of thioether (sulfide) groups is 1. The minimum Gasteiger partial charge on any atom is -0.497 e. The molecule has 0 aliphatic carbocycles. The van der Waals surface area contributed by atoms with Crippen molar-refractivity contribution in [2.45, 2.75) is 29.9 Å². The molecular formula is C19H22O3S. The van der Waals surface area contributed by atoms with Gasteiger partial charge in [-0.2, -0.15) is 0 Å². The van der Waals surface area contributed by atoms with Gasteiger partial charge in [-0.25, -0.2) is 0 Å². The Kier molecular flexibility index (Phi) is 6.53. The number of esters is 1. The Morgan fingerprint density at radius 2 is 1.74 bits per heavy atom. The Morgan fingerprint density at radius 1 is 1.09 bits per heavy atom. The molecule has 0 radical (unpaired) electrons. The quantitative estimate of drug-likeness (QED) is 0.552. The Labute approximate surface area is 142 Å². The third-order valence-electron chi connectivity index (χ3n) is 3.62. The van der Waals surface area contributed by atoms with Crippen LogP contribution in [0, 0.1) is 0 Å². The first-order valence-corrected chi connectivity index (χ1v) is 8.56. The van der Waals surface area contributed by atoms with Gasteiger partial charge in [-0.15, -0.1) is 11.8 Å². The number of methoxy groups -OCH3 is 1. The molecule has 23 heavy (non-hydrogen) atoms. The summed E-state index contributed by atoms with van der Waals surface area (Å²) in [5.74, 6) is 0.685. The van der Waals surface area contributed by atoms with Gasteiger partial charge in [-0.1, -0.05) is 37.3 Å². The van der Waals surface area contributed by atoms with E-state index in [0.717, 1.165) is 16.2 Å². The second kappa shape index (κ2) is 8.63. The summed E-state index contributed by atoms with van der Waals surface area (Å²) in [5, 5.41) is -0.286. The van der Waals surface area contributed by atoms with Crippen LogP contribution in [0.2, 0.25) is 0 Å². The minimum absolute atomic E-state index is 0.0577. The molecule has 2 atom stereocenters. The highest BCUT2D eigenvalue weighted by Crippen LogP contribution is 2.35. The average molecular weight is 330 g/mol. The van der Waals surface area contributed by atoms with E-state index in [2.05, 4.69) is 6.92 Å². The fourth-order valence-corrected chi connectivity index (χ4v) is 3.42. The molecule has 0 spiro atoms. The third-order valence-corrected chi connectivity index (χ3v) is 5.02. The van der Waals surface area contributed by atoms with Gasteiger partial charge < -0.3 is 9.47 Å². The van der Waals surface area contributed by atoms with E-state index in [9.17, 15) is 4.79 Å². The molecule has 122 valence electrons. The van der Waals surface area contributed by atoms with Crippen molar-refractivity contribution in [2.75, 3.05) is 13.7 Å². The number of hydrogen-bond acceptors (Lipinski definition) is 4. The Hall–Kier alpha value is -1.94. The second-order valence-electron chi connectivity index (χ2n) is 5.17. The highest BCUT2D eigenvalue weighted by atomic mass is 32.2. The molecule has 0 aliphatic heterocycles. The van der Waals surface area contributed by atoms with Gasteiger partial charge >= 0.3 is 5.97 Å². The van der Waals surface area contributed by atoms with Crippen molar-refractivity contribution in [3.8, 4) is 5.75 Å². The fraction of sp³-hybridized carbons (Fsp3) is 0.316. The maximum atomic E-state index is 12.4. The van der Waals surface area contributed by atoms with E-state index in [4.69, 9.17) is 9.47 Å². The minimum atomic E-state index is -0.286. The van der Waals surface area contributed by atoms with E-state index in [1.54, 1.807) is 7.11 Å². The zero-order chi connectivity index (χ0) is 16.7. The SMILES string of the molecule is CCOC(=O)C(Sc1ccc(OC)cc1)C(C)c1ccccc1. The van der Waals surface area contributed by atoms with Gasteiger partial charge in [0.1, 0.15) is 11.0 Å². The number of hydrogen-bond donors (Lipinski definition) is 0. The van der Waals surface area contributed by atoms with Crippen LogP contribution in [0.1, 0.15) is 25.3 Å². The highest BCUT2D eigenvalue weighted by Gasteiger charge is 2.28. The third kappa shape index (κ3) is 4.76. The molecule has 2 unspecified atom stereocenters. The lowest BCUT2D eigenvalue weighted by Crippen LogP contribution is -2.26. The first kappa shape index (κ1) is 17.4. The Balaban J connectivity index is 2.21. The molecular weight excluding hydrogens is 308 g/mol. The van der Waals surface area contributed by atoms with Crippen LogP contribution in [0.15, 0.2) is 59.5 Å². The fourth-order valence-electron chi connectivity index (χ4n) is 2.31. The van der Waals surface area contributed by atoms with Crippen molar-refractivity contribution in [3.05, 3.63) is 60.2 Å². The monoisotopic (exact) mass is 330 g/mol. The summed E-state index contributed by atoms with van der Waals surface area (Å²) in [6.45, 7) is 4.29. The molecule has 2 aromatic rings. The number of carbonyl (C=O) groups excluding carboxylic acids is 1. The van der Waals surface area contributed by atoms with Crippen molar-refractivity contribution < 1.29 is 14.3 Å². The van der Waals surface area contributed by atoms with Crippen LogP contribution in [0.4, 0.5) is 0 Å². The van der Waals surface area contributed by atoms with Gasteiger partial charge in [0, 0.05) is 10.8 Å². The zero-order valence-electron chi connectivity index (χ0n) is 13.7. The number of carbonyl (C=O) groups is 1. The first-order valence-electron chi connectivity index (χ1n) is 7.68. The lowest BCUT2D eigenvalue weighted by Gasteiger charge is -2.22. The van der Waals surface area contributed by atoms with Gasteiger partial charge in [0.15, 0.2) is 0 Å². The van der Waals surface area contributed by atoms with Crippen LogP contribution in [0.5, 0.6) is 5.75 Å². The molecule has 0 aromatic heterocycles. The van der Waals surface area contributed by atoms with Crippen molar-refractivity contribution in [2.24, 2.45) is 0 Å². The summed E-state index contributed by atoms with van der Waals surface area (Å²) in [6.07, 6.45) is 0. The van der Waals surface area contributed by atoms with Crippen molar-refractivity contribution >= 4 is 17.7 Å². The second-order valence-corrected chi connectivity index (χ2v) is 6.38. The normalized spacial score (nSPS) is 13.2. The number of rotatable bonds is 7.